The number of nitrogens with one attached hydrogen (secondary N) is 1. The Morgan fingerprint density at radius 1 is 1.08 bits per heavy atom. The summed E-state index contributed by atoms with van der Waals surface area (Å²) in [5.41, 5.74) is 7.52. The maximum Gasteiger partial charge on any atom is 0.241 e. The molecule has 1 fully saturated rings. The van der Waals surface area contributed by atoms with Crippen LogP contribution in [0.5, 0.6) is 0 Å². The van der Waals surface area contributed by atoms with Crippen molar-refractivity contribution in [3.05, 3.63) is 46.2 Å². The maximum atomic E-state index is 12.5. The zero-order valence-corrected chi connectivity index (χ0v) is 15.9. The van der Waals surface area contributed by atoms with Gasteiger partial charge in [-0.05, 0) is 82.1 Å². The summed E-state index contributed by atoms with van der Waals surface area (Å²) in [4.78, 5) is 0.424. The summed E-state index contributed by atoms with van der Waals surface area (Å²) in [7, 11) is -3.44. The van der Waals surface area contributed by atoms with Crippen molar-refractivity contribution in [2.24, 2.45) is 0 Å². The number of benzene rings is 1. The van der Waals surface area contributed by atoms with E-state index in [2.05, 4.69) is 16.5 Å². The summed E-state index contributed by atoms with van der Waals surface area (Å²) < 4.78 is 27.8. The van der Waals surface area contributed by atoms with Crippen LogP contribution in [0.1, 0.15) is 61.6 Å². The highest BCUT2D eigenvalue weighted by molar-refractivity contribution is 7.89. The first-order valence-corrected chi connectivity index (χ1v) is 10.4. The molecule has 2 rings (SSSR count). The zero-order valence-electron chi connectivity index (χ0n) is 15.1. The van der Waals surface area contributed by atoms with Crippen molar-refractivity contribution in [2.75, 3.05) is 6.54 Å². The lowest BCUT2D eigenvalue weighted by Crippen LogP contribution is -2.26. The first-order valence-electron chi connectivity index (χ1n) is 8.90. The second-order valence-electron chi connectivity index (χ2n) is 6.78. The highest BCUT2D eigenvalue weighted by Crippen LogP contribution is 2.22. The SMILES string of the molecule is Cc1cc(C)c(S(=O)(=O)NCCCC=C=C2CCCCC2)c(C)c1. The summed E-state index contributed by atoms with van der Waals surface area (Å²) >= 11 is 0. The van der Waals surface area contributed by atoms with Gasteiger partial charge in [0.15, 0.2) is 0 Å². The third-order valence-electron chi connectivity index (χ3n) is 4.45. The molecule has 0 aromatic heterocycles. The summed E-state index contributed by atoms with van der Waals surface area (Å²) in [5, 5.41) is 0. The van der Waals surface area contributed by atoms with Crippen LogP contribution >= 0.6 is 0 Å². The van der Waals surface area contributed by atoms with Crippen LogP contribution in [0.25, 0.3) is 0 Å². The molecule has 1 aliphatic rings. The van der Waals surface area contributed by atoms with Crippen LogP contribution in [0.2, 0.25) is 0 Å². The van der Waals surface area contributed by atoms with Crippen LogP contribution in [0.3, 0.4) is 0 Å². The summed E-state index contributed by atoms with van der Waals surface area (Å²) in [6.45, 7) is 6.15. The number of unbranched alkanes of at least 4 members (excludes halogenated alkanes) is 1. The number of allylic oxidation sites excluding steroid dienone is 1. The molecule has 0 saturated heterocycles. The van der Waals surface area contributed by atoms with Crippen LogP contribution in [-0.2, 0) is 10.0 Å². The molecular formula is C20H29NO2S. The van der Waals surface area contributed by atoms with E-state index in [1.165, 1.54) is 37.7 Å². The van der Waals surface area contributed by atoms with E-state index in [1.54, 1.807) is 0 Å². The van der Waals surface area contributed by atoms with Crippen molar-refractivity contribution in [1.29, 1.82) is 0 Å². The second kappa shape index (κ2) is 8.66. The average Bonchev–Trinajstić information content (AvgIpc) is 2.50. The molecule has 0 unspecified atom stereocenters. The Morgan fingerprint density at radius 2 is 1.71 bits per heavy atom. The molecule has 1 N–H and O–H groups in total. The van der Waals surface area contributed by atoms with E-state index < -0.39 is 10.0 Å². The monoisotopic (exact) mass is 347 g/mol. The highest BCUT2D eigenvalue weighted by atomic mass is 32.2. The molecule has 132 valence electrons. The van der Waals surface area contributed by atoms with E-state index in [9.17, 15) is 8.42 Å². The Balaban J connectivity index is 1.88. The normalized spacial score (nSPS) is 15.2. The molecule has 0 amide bonds. The molecule has 0 aliphatic heterocycles. The van der Waals surface area contributed by atoms with Gasteiger partial charge >= 0.3 is 0 Å². The minimum absolute atomic E-state index is 0.424. The fourth-order valence-corrected chi connectivity index (χ4v) is 4.94. The number of aryl methyl sites for hydroxylation is 3. The summed E-state index contributed by atoms with van der Waals surface area (Å²) in [6.07, 6.45) is 9.98. The van der Waals surface area contributed by atoms with E-state index in [0.29, 0.717) is 11.4 Å². The Hall–Kier alpha value is -1.35. The van der Waals surface area contributed by atoms with Gasteiger partial charge in [-0.25, -0.2) is 13.1 Å². The molecule has 4 heteroatoms. The predicted octanol–water partition coefficient (Wildman–Crippen LogP) is 4.72. The van der Waals surface area contributed by atoms with Crippen molar-refractivity contribution in [3.63, 3.8) is 0 Å². The van der Waals surface area contributed by atoms with Gasteiger partial charge in [0.1, 0.15) is 0 Å². The number of hydrogen-bond acceptors (Lipinski definition) is 2. The van der Waals surface area contributed by atoms with Gasteiger partial charge in [-0.1, -0.05) is 24.1 Å². The van der Waals surface area contributed by atoms with E-state index in [4.69, 9.17) is 0 Å². The van der Waals surface area contributed by atoms with Gasteiger partial charge in [0.05, 0.1) is 4.90 Å². The number of rotatable bonds is 6. The molecule has 0 atom stereocenters. The van der Waals surface area contributed by atoms with Crippen LogP contribution in [0, 0.1) is 20.8 Å². The van der Waals surface area contributed by atoms with Crippen molar-refractivity contribution < 1.29 is 8.42 Å². The molecule has 24 heavy (non-hydrogen) atoms. The Bertz CT molecular complexity index is 710. The molecule has 3 nitrogen and oxygen atoms in total. The van der Waals surface area contributed by atoms with Crippen molar-refractivity contribution >= 4 is 10.0 Å². The molecule has 0 heterocycles. The number of sulfonamides is 1. The van der Waals surface area contributed by atoms with Gasteiger partial charge in [-0.15, -0.1) is 5.73 Å². The molecule has 0 bridgehead atoms. The van der Waals surface area contributed by atoms with E-state index in [-0.39, 0.29) is 0 Å². The van der Waals surface area contributed by atoms with Crippen molar-refractivity contribution in [1.82, 2.24) is 4.72 Å². The van der Waals surface area contributed by atoms with Gasteiger partial charge in [0.25, 0.3) is 0 Å². The summed E-state index contributed by atoms with van der Waals surface area (Å²) in [6, 6.07) is 3.83. The molecule has 0 spiro atoms. The van der Waals surface area contributed by atoms with Gasteiger partial charge in [0.2, 0.25) is 10.0 Å². The average molecular weight is 348 g/mol. The smallest absolute Gasteiger partial charge is 0.211 e. The van der Waals surface area contributed by atoms with Crippen molar-refractivity contribution in [2.45, 2.75) is 70.6 Å². The predicted molar refractivity (Wildman–Crippen MR) is 99.8 cm³/mol. The van der Waals surface area contributed by atoms with Crippen molar-refractivity contribution in [3.8, 4) is 0 Å². The lowest BCUT2D eigenvalue weighted by atomic mass is 9.95. The van der Waals surface area contributed by atoms with Gasteiger partial charge in [-0.3, -0.25) is 0 Å². The van der Waals surface area contributed by atoms with Gasteiger partial charge < -0.3 is 0 Å². The van der Waals surface area contributed by atoms with E-state index in [1.807, 2.05) is 32.9 Å². The molecule has 0 radical (unpaired) electrons. The minimum Gasteiger partial charge on any atom is -0.211 e. The second-order valence-corrected chi connectivity index (χ2v) is 8.48. The van der Waals surface area contributed by atoms with Crippen LogP contribution in [0.15, 0.2) is 34.4 Å². The lowest BCUT2D eigenvalue weighted by Gasteiger charge is -2.13. The largest absolute Gasteiger partial charge is 0.241 e. The first-order chi connectivity index (χ1) is 11.4. The van der Waals surface area contributed by atoms with E-state index in [0.717, 1.165) is 29.5 Å². The quantitative estimate of drug-likeness (QED) is 0.598. The van der Waals surface area contributed by atoms with Crippen LogP contribution in [-0.4, -0.2) is 15.0 Å². The van der Waals surface area contributed by atoms with Crippen LogP contribution in [0.4, 0.5) is 0 Å². The molecular weight excluding hydrogens is 318 g/mol. The fraction of sp³-hybridized carbons (Fsp3) is 0.550. The molecule has 1 saturated carbocycles. The lowest BCUT2D eigenvalue weighted by molar-refractivity contribution is 0.578. The fourth-order valence-electron chi connectivity index (χ4n) is 3.41. The minimum atomic E-state index is -3.44. The Labute approximate surface area is 146 Å². The topological polar surface area (TPSA) is 46.2 Å². The summed E-state index contributed by atoms with van der Waals surface area (Å²) in [5.74, 6) is 0. The van der Waals surface area contributed by atoms with Crippen LogP contribution < -0.4 is 4.72 Å². The zero-order chi connectivity index (χ0) is 17.6. The molecule has 1 aromatic carbocycles. The molecule has 1 aromatic rings. The highest BCUT2D eigenvalue weighted by Gasteiger charge is 2.18. The maximum absolute atomic E-state index is 12.5. The van der Waals surface area contributed by atoms with E-state index >= 15 is 0 Å². The standard InChI is InChI=1S/C20H29NO2S/c1-16-14-17(2)20(18(3)15-16)24(22,23)21-13-9-5-8-12-19-10-6-4-7-11-19/h8,14-15,21H,4-7,9-11,13H2,1-3H3. The van der Waals surface area contributed by atoms with Gasteiger partial charge in [-0.2, -0.15) is 0 Å². The first kappa shape index (κ1) is 19.0. The Morgan fingerprint density at radius 3 is 2.33 bits per heavy atom. The van der Waals surface area contributed by atoms with Gasteiger partial charge in [0, 0.05) is 6.54 Å². The Kier molecular flexibility index (Phi) is 6.85. The third-order valence-corrected chi connectivity index (χ3v) is 6.22. The third kappa shape index (κ3) is 5.34. The molecule has 1 aliphatic carbocycles. The number of hydrogen-bond donors (Lipinski definition) is 1.